The lowest BCUT2D eigenvalue weighted by Crippen LogP contribution is -2.52. The molecule has 34 heavy (non-hydrogen) atoms. The molecule has 15 heteroatoms. The number of rotatable bonds is 11. The maximum atomic E-state index is 15.1. The van der Waals surface area contributed by atoms with Crippen molar-refractivity contribution in [2.24, 2.45) is 0 Å². The molecule has 12 nitrogen and oxygen atoms in total. The van der Waals surface area contributed by atoms with E-state index < -0.39 is 43.0 Å². The van der Waals surface area contributed by atoms with Gasteiger partial charge < -0.3 is 25.4 Å². The third-order valence-corrected chi connectivity index (χ3v) is 5.35. The fraction of sp³-hybridized carbons (Fsp3) is 0.368. The van der Waals surface area contributed by atoms with E-state index in [2.05, 4.69) is 19.9 Å². The molecule has 0 saturated carbocycles. The summed E-state index contributed by atoms with van der Waals surface area (Å²) in [6, 6.07) is 2.81. The molecule has 0 fully saturated rings. The van der Waals surface area contributed by atoms with Crippen LogP contribution in [0.25, 0.3) is 11.2 Å². The van der Waals surface area contributed by atoms with E-state index in [-0.39, 0.29) is 39.4 Å². The molecular formula is C19H19Cl2FN6O6. The Kier molecular flexibility index (Phi) is 7.82. The molecule has 0 aliphatic heterocycles. The fourth-order valence-electron chi connectivity index (χ4n) is 3.13. The Morgan fingerprint density at radius 2 is 1.94 bits per heavy atom. The van der Waals surface area contributed by atoms with Gasteiger partial charge in [0.1, 0.15) is 10.7 Å². The number of ether oxygens (including phenoxy) is 2. The summed E-state index contributed by atoms with van der Waals surface area (Å²) in [6.07, 6.45) is -1.34. The van der Waals surface area contributed by atoms with Crippen molar-refractivity contribution < 1.29 is 33.7 Å². The number of methoxy groups -OCH3 is 1. The molecular weight excluding hydrogens is 498 g/mol. The second kappa shape index (κ2) is 10.4. The quantitative estimate of drug-likeness (QED) is 0.193. The van der Waals surface area contributed by atoms with Gasteiger partial charge in [0.15, 0.2) is 17.8 Å². The second-order valence-electron chi connectivity index (χ2n) is 7.14. The number of aromatic nitrogens is 5. The number of halogens is 3. The average Bonchev–Trinajstić information content (AvgIpc) is 3.20. The van der Waals surface area contributed by atoms with Crippen molar-refractivity contribution in [3.05, 3.63) is 40.7 Å². The highest BCUT2D eigenvalue weighted by atomic mass is 35.5. The Morgan fingerprint density at radius 1 is 1.24 bits per heavy atom. The highest BCUT2D eigenvalue weighted by Gasteiger charge is 2.49. The molecule has 4 N–H and O–H groups in total. The first-order chi connectivity index (χ1) is 16.1. The Balaban J connectivity index is 1.78. The van der Waals surface area contributed by atoms with Gasteiger partial charge >= 0.3 is 11.9 Å². The molecule has 182 valence electrons. The first-order valence-electron chi connectivity index (χ1n) is 9.61. The van der Waals surface area contributed by atoms with Crippen LogP contribution < -0.4 is 5.73 Å². The molecule has 0 aliphatic rings. The molecule has 0 bridgehead atoms. The summed E-state index contributed by atoms with van der Waals surface area (Å²) in [6.45, 7) is -0.555. The summed E-state index contributed by atoms with van der Waals surface area (Å²) in [5, 5.41) is 19.3. The van der Waals surface area contributed by atoms with Gasteiger partial charge in [-0.25, -0.2) is 23.9 Å². The van der Waals surface area contributed by atoms with E-state index in [0.717, 1.165) is 10.9 Å². The van der Waals surface area contributed by atoms with Crippen molar-refractivity contribution in [3.63, 3.8) is 0 Å². The average molecular weight is 517 g/mol. The van der Waals surface area contributed by atoms with Gasteiger partial charge in [0, 0.05) is 26.1 Å². The van der Waals surface area contributed by atoms with Crippen LogP contribution in [0.15, 0.2) is 24.7 Å². The number of anilines is 1. The normalized spacial score (nSPS) is 13.6. The zero-order valence-corrected chi connectivity index (χ0v) is 19.1. The molecule has 0 amide bonds. The molecule has 0 aromatic carbocycles. The lowest BCUT2D eigenvalue weighted by molar-refractivity contribution is -0.188. The van der Waals surface area contributed by atoms with Crippen LogP contribution in [0.3, 0.4) is 0 Å². The molecule has 3 rings (SSSR count). The molecule has 3 heterocycles. The van der Waals surface area contributed by atoms with E-state index >= 15 is 4.39 Å². The molecule has 3 aromatic rings. The van der Waals surface area contributed by atoms with Crippen molar-refractivity contribution in [2.75, 3.05) is 19.5 Å². The van der Waals surface area contributed by atoms with Crippen molar-refractivity contribution >= 4 is 52.1 Å². The molecule has 0 aliphatic carbocycles. The predicted octanol–water partition coefficient (Wildman–Crippen LogP) is 2.15. The lowest BCUT2D eigenvalue weighted by atomic mass is 9.95. The number of carboxylic acid groups (broad SMARTS) is 2. The number of hydrogen-bond donors (Lipinski definition) is 3. The van der Waals surface area contributed by atoms with Gasteiger partial charge in [0.25, 0.3) is 5.60 Å². The van der Waals surface area contributed by atoms with Crippen LogP contribution in [0.2, 0.25) is 10.4 Å². The number of carbonyl (C=O) groups is 2. The van der Waals surface area contributed by atoms with E-state index in [0.29, 0.717) is 0 Å². The number of nitrogen functional groups attached to an aromatic ring is 1. The summed E-state index contributed by atoms with van der Waals surface area (Å²) in [5.74, 6) is -3.52. The van der Waals surface area contributed by atoms with Gasteiger partial charge in [-0.2, -0.15) is 9.97 Å². The van der Waals surface area contributed by atoms with E-state index in [1.54, 1.807) is 0 Å². The maximum absolute atomic E-state index is 15.1. The van der Waals surface area contributed by atoms with Crippen molar-refractivity contribution in [3.8, 4) is 0 Å². The van der Waals surface area contributed by atoms with Gasteiger partial charge in [-0.1, -0.05) is 17.7 Å². The van der Waals surface area contributed by atoms with E-state index in [4.69, 9.17) is 38.4 Å². The summed E-state index contributed by atoms with van der Waals surface area (Å²) in [7, 11) is 1.25. The number of pyridine rings is 1. The number of imidazole rings is 1. The van der Waals surface area contributed by atoms with E-state index in [9.17, 15) is 19.8 Å². The van der Waals surface area contributed by atoms with Crippen LogP contribution in [0.1, 0.15) is 18.3 Å². The van der Waals surface area contributed by atoms with E-state index in [1.807, 2.05) is 0 Å². The first-order valence-corrected chi connectivity index (χ1v) is 10.4. The minimum absolute atomic E-state index is 0.0306. The summed E-state index contributed by atoms with van der Waals surface area (Å²) in [5.41, 5.74) is 3.49. The Labute approximate surface area is 201 Å². The van der Waals surface area contributed by atoms with Gasteiger partial charge in [-0.15, -0.1) is 0 Å². The van der Waals surface area contributed by atoms with Crippen LogP contribution in [-0.4, -0.2) is 72.1 Å². The zero-order valence-electron chi connectivity index (χ0n) is 17.6. The number of fused-ring (bicyclic) bond motifs is 1. The standard InChI is InChI=1S/C19H19Cl2FN6O6/c1-33-10(4-12(22)28-8-25-13-14(23)26-18(21)27-15(13)28)7-34-19(16(29)30,17(31)32)5-9-2-3-11(20)24-6-9/h2-3,6,8,10,12H,4-5,7H2,1H3,(H,29,30)(H,31,32)(H2,23,26,27). The first kappa shape index (κ1) is 25.5. The lowest BCUT2D eigenvalue weighted by Gasteiger charge is -2.28. The Bertz CT molecular complexity index is 1180. The number of aliphatic carboxylic acids is 2. The minimum Gasteiger partial charge on any atom is -0.479 e. The number of hydrogen-bond acceptors (Lipinski definition) is 9. The van der Waals surface area contributed by atoms with Gasteiger partial charge in [0.05, 0.1) is 19.0 Å². The Hall–Kier alpha value is -3.13. The van der Waals surface area contributed by atoms with Crippen LogP contribution in [0.5, 0.6) is 0 Å². The smallest absolute Gasteiger partial charge is 0.348 e. The third kappa shape index (κ3) is 5.33. The van der Waals surface area contributed by atoms with Crippen molar-refractivity contribution in [1.82, 2.24) is 24.5 Å². The van der Waals surface area contributed by atoms with Crippen LogP contribution in [0, 0.1) is 0 Å². The van der Waals surface area contributed by atoms with Gasteiger partial charge in [-0.05, 0) is 23.2 Å². The minimum atomic E-state index is -2.67. The van der Waals surface area contributed by atoms with Gasteiger partial charge in [0.2, 0.25) is 5.28 Å². The monoisotopic (exact) mass is 516 g/mol. The predicted molar refractivity (Wildman–Crippen MR) is 117 cm³/mol. The zero-order chi connectivity index (χ0) is 25.0. The summed E-state index contributed by atoms with van der Waals surface area (Å²) < 4.78 is 26.7. The largest absolute Gasteiger partial charge is 0.479 e. The molecule has 2 unspecified atom stereocenters. The van der Waals surface area contributed by atoms with Crippen molar-refractivity contribution in [2.45, 2.75) is 30.8 Å². The SMILES string of the molecule is COC(COC(Cc1ccc(Cl)nc1)(C(=O)O)C(=O)O)CC(F)n1cnc2c(N)nc(Cl)nc21. The van der Waals surface area contributed by atoms with Crippen molar-refractivity contribution in [1.29, 1.82) is 0 Å². The fourth-order valence-corrected chi connectivity index (χ4v) is 3.41. The molecule has 0 radical (unpaired) electrons. The molecule has 2 atom stereocenters. The topological polar surface area (TPSA) is 176 Å². The summed E-state index contributed by atoms with van der Waals surface area (Å²) in [4.78, 5) is 39.3. The number of nitrogens with two attached hydrogens (primary N) is 1. The highest BCUT2D eigenvalue weighted by molar-refractivity contribution is 6.29. The van der Waals surface area contributed by atoms with E-state index in [1.165, 1.54) is 25.4 Å². The molecule has 0 spiro atoms. The number of nitrogens with zero attached hydrogens (tertiary/aromatic N) is 5. The number of alkyl halides is 1. The maximum Gasteiger partial charge on any atom is 0.348 e. The Morgan fingerprint density at radius 3 is 2.53 bits per heavy atom. The molecule has 3 aromatic heterocycles. The second-order valence-corrected chi connectivity index (χ2v) is 7.87. The number of carboxylic acids is 2. The van der Waals surface area contributed by atoms with Crippen LogP contribution in [-0.2, 0) is 25.5 Å². The highest BCUT2D eigenvalue weighted by Crippen LogP contribution is 2.27. The summed E-state index contributed by atoms with van der Waals surface area (Å²) >= 11 is 11.5. The van der Waals surface area contributed by atoms with Gasteiger partial charge in [-0.3, -0.25) is 4.57 Å². The van der Waals surface area contributed by atoms with Crippen LogP contribution >= 0.6 is 23.2 Å². The third-order valence-electron chi connectivity index (χ3n) is 4.96. The molecule has 0 saturated heterocycles. The van der Waals surface area contributed by atoms with Crippen LogP contribution in [0.4, 0.5) is 10.2 Å².